The molecule has 1 heterocycles. The van der Waals surface area contributed by atoms with Crippen molar-refractivity contribution < 1.29 is 14.6 Å². The Labute approximate surface area is 114 Å². The van der Waals surface area contributed by atoms with Gasteiger partial charge in [0, 0.05) is 17.2 Å². The third-order valence-corrected chi connectivity index (χ3v) is 3.67. The molecule has 0 bridgehead atoms. The molecule has 1 unspecified atom stereocenters. The molecule has 1 atom stereocenters. The summed E-state index contributed by atoms with van der Waals surface area (Å²) in [7, 11) is -1.59. The standard InChI is InChI=1S/C12H13BN2O3S/c1-19(18)10-4-2-8(3-5-10)11-6-9(13(16)17)7-15-12(11)14/h2-7,16-17H,1H3,(H2,14,15). The maximum atomic E-state index is 11.3. The molecule has 98 valence electrons. The lowest BCUT2D eigenvalue weighted by molar-refractivity contribution is 0.425. The van der Waals surface area contributed by atoms with Crippen molar-refractivity contribution >= 4 is 29.6 Å². The Kier molecular flexibility index (Phi) is 4.11. The minimum absolute atomic E-state index is 0.271. The highest BCUT2D eigenvalue weighted by Gasteiger charge is 2.15. The van der Waals surface area contributed by atoms with E-state index in [1.807, 2.05) is 0 Å². The molecule has 2 aromatic rings. The van der Waals surface area contributed by atoms with E-state index >= 15 is 0 Å². The van der Waals surface area contributed by atoms with Crippen LogP contribution in [0, 0.1) is 0 Å². The Bertz CT molecular complexity index is 576. The number of anilines is 1. The van der Waals surface area contributed by atoms with E-state index in [-0.39, 0.29) is 5.46 Å². The van der Waals surface area contributed by atoms with Gasteiger partial charge in [0.1, 0.15) is 12.1 Å². The summed E-state index contributed by atoms with van der Waals surface area (Å²) in [5.74, 6) is 0.301. The number of hydrogen-bond donors (Lipinski definition) is 3. The van der Waals surface area contributed by atoms with Gasteiger partial charge in [-0.2, -0.15) is 0 Å². The first kappa shape index (κ1) is 13.9. The predicted octanol–water partition coefficient (Wildman–Crippen LogP) is -0.252. The SMILES string of the molecule is C[S+]([O-])c1ccc(-c2cc(B(O)O)cnc2N)cc1. The molecule has 5 nitrogen and oxygen atoms in total. The van der Waals surface area contributed by atoms with Gasteiger partial charge >= 0.3 is 7.12 Å². The molecule has 0 saturated carbocycles. The zero-order valence-electron chi connectivity index (χ0n) is 10.3. The number of nitrogen functional groups attached to an aromatic ring is 1. The van der Waals surface area contributed by atoms with Gasteiger partial charge in [0.2, 0.25) is 0 Å². The van der Waals surface area contributed by atoms with Crippen molar-refractivity contribution in [1.82, 2.24) is 4.98 Å². The fourth-order valence-corrected chi connectivity index (χ4v) is 2.21. The first-order chi connectivity index (χ1) is 8.99. The van der Waals surface area contributed by atoms with Crippen LogP contribution in [0.4, 0.5) is 5.82 Å². The van der Waals surface area contributed by atoms with Crippen molar-refractivity contribution in [1.29, 1.82) is 0 Å². The molecular weight excluding hydrogens is 263 g/mol. The van der Waals surface area contributed by atoms with Crippen LogP contribution in [-0.4, -0.2) is 33.0 Å². The van der Waals surface area contributed by atoms with E-state index in [4.69, 9.17) is 15.8 Å². The minimum Gasteiger partial charge on any atom is -0.612 e. The van der Waals surface area contributed by atoms with Crippen molar-refractivity contribution in [3.05, 3.63) is 36.5 Å². The van der Waals surface area contributed by atoms with Crippen LogP contribution in [0.15, 0.2) is 41.4 Å². The zero-order chi connectivity index (χ0) is 14.0. The first-order valence-electron chi connectivity index (χ1n) is 5.54. The van der Waals surface area contributed by atoms with Gasteiger partial charge in [0.15, 0.2) is 4.90 Å². The predicted molar refractivity (Wildman–Crippen MR) is 76.2 cm³/mol. The van der Waals surface area contributed by atoms with E-state index in [2.05, 4.69) is 4.98 Å². The number of nitrogens with zero attached hydrogens (tertiary/aromatic N) is 1. The Morgan fingerprint density at radius 3 is 2.42 bits per heavy atom. The van der Waals surface area contributed by atoms with E-state index in [9.17, 15) is 4.55 Å². The molecule has 1 aromatic carbocycles. The molecule has 0 spiro atoms. The fraction of sp³-hybridized carbons (Fsp3) is 0.0833. The number of hydrogen-bond acceptors (Lipinski definition) is 5. The Balaban J connectivity index is 2.43. The van der Waals surface area contributed by atoms with Gasteiger partial charge < -0.3 is 20.3 Å². The molecule has 19 heavy (non-hydrogen) atoms. The van der Waals surface area contributed by atoms with Gasteiger partial charge in [-0.3, -0.25) is 0 Å². The molecule has 7 heteroatoms. The smallest absolute Gasteiger partial charge is 0.490 e. The fourth-order valence-electron chi connectivity index (χ4n) is 1.69. The molecule has 0 saturated heterocycles. The lowest BCUT2D eigenvalue weighted by Crippen LogP contribution is -2.30. The summed E-state index contributed by atoms with van der Waals surface area (Å²) in [4.78, 5) is 4.65. The van der Waals surface area contributed by atoms with E-state index in [0.29, 0.717) is 16.3 Å². The van der Waals surface area contributed by atoms with E-state index in [1.165, 1.54) is 6.20 Å². The zero-order valence-corrected chi connectivity index (χ0v) is 11.1. The van der Waals surface area contributed by atoms with Crippen LogP contribution in [0.1, 0.15) is 0 Å². The van der Waals surface area contributed by atoms with Crippen LogP contribution in [0.3, 0.4) is 0 Å². The molecule has 0 aliphatic carbocycles. The second kappa shape index (κ2) is 5.62. The number of aromatic nitrogens is 1. The summed E-state index contributed by atoms with van der Waals surface area (Å²) < 4.78 is 11.3. The van der Waals surface area contributed by atoms with E-state index < -0.39 is 18.3 Å². The van der Waals surface area contributed by atoms with Gasteiger partial charge in [-0.25, -0.2) is 4.98 Å². The molecular formula is C12H13BN2O3S. The summed E-state index contributed by atoms with van der Waals surface area (Å²) in [5.41, 5.74) is 7.45. The normalized spacial score (nSPS) is 12.2. The largest absolute Gasteiger partial charge is 0.612 e. The van der Waals surface area contributed by atoms with Crippen molar-refractivity contribution in [3.8, 4) is 11.1 Å². The van der Waals surface area contributed by atoms with Crippen LogP contribution >= 0.6 is 0 Å². The highest BCUT2D eigenvalue weighted by atomic mass is 32.2. The van der Waals surface area contributed by atoms with Crippen molar-refractivity contribution in [2.75, 3.05) is 12.0 Å². The monoisotopic (exact) mass is 276 g/mol. The third-order valence-electron chi connectivity index (χ3n) is 2.74. The summed E-state index contributed by atoms with van der Waals surface area (Å²) in [6.45, 7) is 0. The van der Waals surface area contributed by atoms with Crippen molar-refractivity contribution in [3.63, 3.8) is 0 Å². The number of nitrogens with two attached hydrogens (primary N) is 1. The van der Waals surface area contributed by atoms with E-state index in [1.54, 1.807) is 36.6 Å². The molecule has 0 fully saturated rings. The number of pyridine rings is 1. The lowest BCUT2D eigenvalue weighted by Gasteiger charge is -2.09. The summed E-state index contributed by atoms with van der Waals surface area (Å²) in [6.07, 6.45) is 2.92. The van der Waals surface area contributed by atoms with Crippen LogP contribution in [0.25, 0.3) is 11.1 Å². The molecule has 1 aromatic heterocycles. The van der Waals surface area contributed by atoms with Crippen molar-refractivity contribution in [2.24, 2.45) is 0 Å². The molecule has 0 amide bonds. The molecule has 0 aliphatic heterocycles. The summed E-state index contributed by atoms with van der Waals surface area (Å²) >= 11 is -1.04. The van der Waals surface area contributed by atoms with Gasteiger partial charge in [0.05, 0.1) is 0 Å². The highest BCUT2D eigenvalue weighted by Crippen LogP contribution is 2.24. The van der Waals surface area contributed by atoms with Gasteiger partial charge in [-0.1, -0.05) is 0 Å². The van der Waals surface area contributed by atoms with Crippen LogP contribution < -0.4 is 11.2 Å². The van der Waals surface area contributed by atoms with Gasteiger partial charge in [-0.15, -0.1) is 0 Å². The minimum atomic E-state index is -1.59. The summed E-state index contributed by atoms with van der Waals surface area (Å²) in [5, 5.41) is 18.3. The van der Waals surface area contributed by atoms with E-state index in [0.717, 1.165) is 5.56 Å². The van der Waals surface area contributed by atoms with Gasteiger partial charge in [0.25, 0.3) is 0 Å². The molecule has 0 aliphatic rings. The third kappa shape index (κ3) is 3.08. The Hall–Kier alpha value is -1.54. The molecule has 2 rings (SSSR count). The maximum Gasteiger partial charge on any atom is 0.490 e. The average molecular weight is 276 g/mol. The Morgan fingerprint density at radius 1 is 1.26 bits per heavy atom. The topological polar surface area (TPSA) is 102 Å². The number of rotatable bonds is 3. The van der Waals surface area contributed by atoms with Crippen LogP contribution in [0.5, 0.6) is 0 Å². The second-order valence-electron chi connectivity index (χ2n) is 4.05. The summed E-state index contributed by atoms with van der Waals surface area (Å²) in [6, 6.07) is 8.61. The Morgan fingerprint density at radius 2 is 1.89 bits per heavy atom. The van der Waals surface area contributed by atoms with Gasteiger partial charge in [-0.05, 0) is 47.1 Å². The second-order valence-corrected chi connectivity index (χ2v) is 5.43. The average Bonchev–Trinajstić information content (AvgIpc) is 2.39. The molecule has 4 N–H and O–H groups in total. The maximum absolute atomic E-state index is 11.3. The number of benzene rings is 1. The van der Waals surface area contributed by atoms with Crippen molar-refractivity contribution in [2.45, 2.75) is 4.90 Å². The first-order valence-corrected chi connectivity index (χ1v) is 7.10. The quantitative estimate of drug-likeness (QED) is 0.530. The molecule has 0 radical (unpaired) electrons. The highest BCUT2D eigenvalue weighted by molar-refractivity contribution is 7.90. The van der Waals surface area contributed by atoms with Crippen LogP contribution in [0.2, 0.25) is 0 Å². The lowest BCUT2D eigenvalue weighted by atomic mass is 9.80. The van der Waals surface area contributed by atoms with Crippen LogP contribution in [-0.2, 0) is 11.2 Å².